The quantitative estimate of drug-likeness (QED) is 0.513. The van der Waals surface area contributed by atoms with Crippen LogP contribution in [0.4, 0.5) is 5.69 Å². The van der Waals surface area contributed by atoms with Crippen LogP contribution in [0, 0.1) is 5.92 Å². The Morgan fingerprint density at radius 1 is 0.939 bits per heavy atom. The highest BCUT2D eigenvalue weighted by molar-refractivity contribution is 6.31. The van der Waals surface area contributed by atoms with Gasteiger partial charge in [-0.05, 0) is 48.7 Å². The van der Waals surface area contributed by atoms with Crippen molar-refractivity contribution >= 4 is 29.1 Å². The summed E-state index contributed by atoms with van der Waals surface area (Å²) in [5, 5.41) is 6.69. The smallest absolute Gasteiger partial charge is 0.253 e. The van der Waals surface area contributed by atoms with E-state index in [9.17, 15) is 9.59 Å². The van der Waals surface area contributed by atoms with Gasteiger partial charge in [-0.2, -0.15) is 0 Å². The molecule has 5 nitrogen and oxygen atoms in total. The molecule has 1 saturated heterocycles. The lowest BCUT2D eigenvalue weighted by atomic mass is 9.96. The standard InChI is InChI=1S/C27H28ClN3O2/c28-24-14-6-4-11-21(24)18-31-16-8-12-22(19-31)26(32)30-25-15-7-5-13-23(25)27(33)29-17-20-9-2-1-3-10-20/h1-7,9-11,13-15,22H,8,12,16-19H2,(H,29,33)(H,30,32). The molecule has 2 amide bonds. The lowest BCUT2D eigenvalue weighted by Crippen LogP contribution is -2.40. The third kappa shape index (κ3) is 6.21. The fourth-order valence-corrected chi connectivity index (χ4v) is 4.37. The zero-order valence-corrected chi connectivity index (χ0v) is 19.2. The Kier molecular flexibility index (Phi) is 7.76. The van der Waals surface area contributed by atoms with Gasteiger partial charge in [0, 0.05) is 24.7 Å². The van der Waals surface area contributed by atoms with Crippen LogP contribution in [0.5, 0.6) is 0 Å². The first-order valence-electron chi connectivity index (χ1n) is 11.3. The van der Waals surface area contributed by atoms with Crippen molar-refractivity contribution < 1.29 is 9.59 Å². The Morgan fingerprint density at radius 3 is 2.48 bits per heavy atom. The van der Waals surface area contributed by atoms with Crippen LogP contribution in [0.15, 0.2) is 78.9 Å². The lowest BCUT2D eigenvalue weighted by molar-refractivity contribution is -0.121. The van der Waals surface area contributed by atoms with Crippen molar-refractivity contribution in [2.75, 3.05) is 18.4 Å². The largest absolute Gasteiger partial charge is 0.348 e. The summed E-state index contributed by atoms with van der Waals surface area (Å²) in [5.74, 6) is -0.400. The Morgan fingerprint density at radius 2 is 1.67 bits per heavy atom. The van der Waals surface area contributed by atoms with Gasteiger partial charge in [0.2, 0.25) is 5.91 Å². The van der Waals surface area contributed by atoms with Gasteiger partial charge in [-0.1, -0.05) is 72.3 Å². The number of anilines is 1. The van der Waals surface area contributed by atoms with Gasteiger partial charge in [-0.25, -0.2) is 0 Å². The van der Waals surface area contributed by atoms with E-state index >= 15 is 0 Å². The number of halogens is 1. The summed E-state index contributed by atoms with van der Waals surface area (Å²) in [4.78, 5) is 28.2. The first-order valence-corrected chi connectivity index (χ1v) is 11.7. The molecule has 1 fully saturated rings. The molecule has 1 heterocycles. The molecule has 170 valence electrons. The van der Waals surface area contributed by atoms with E-state index in [1.807, 2.05) is 60.7 Å². The number of para-hydroxylation sites is 1. The summed E-state index contributed by atoms with van der Waals surface area (Å²) in [6.45, 7) is 2.76. The number of carbonyl (C=O) groups excluding carboxylic acids is 2. The molecule has 6 heteroatoms. The molecular weight excluding hydrogens is 434 g/mol. The van der Waals surface area contributed by atoms with E-state index in [-0.39, 0.29) is 17.7 Å². The van der Waals surface area contributed by atoms with Crippen molar-refractivity contribution in [3.8, 4) is 0 Å². The van der Waals surface area contributed by atoms with Crippen molar-refractivity contribution in [2.45, 2.75) is 25.9 Å². The fourth-order valence-electron chi connectivity index (χ4n) is 4.18. The average Bonchev–Trinajstić information content (AvgIpc) is 2.85. The monoisotopic (exact) mass is 461 g/mol. The molecule has 4 rings (SSSR count). The molecule has 2 N–H and O–H groups in total. The van der Waals surface area contributed by atoms with Crippen molar-refractivity contribution in [3.05, 3.63) is 101 Å². The molecule has 1 aliphatic heterocycles. The molecule has 0 spiro atoms. The van der Waals surface area contributed by atoms with E-state index < -0.39 is 0 Å². The van der Waals surface area contributed by atoms with E-state index in [2.05, 4.69) is 15.5 Å². The molecular formula is C27H28ClN3O2. The minimum Gasteiger partial charge on any atom is -0.348 e. The number of nitrogens with zero attached hydrogens (tertiary/aromatic N) is 1. The molecule has 0 radical (unpaired) electrons. The molecule has 0 aromatic heterocycles. The van der Waals surface area contributed by atoms with Crippen molar-refractivity contribution in [1.29, 1.82) is 0 Å². The third-order valence-electron chi connectivity index (χ3n) is 5.95. The lowest BCUT2D eigenvalue weighted by Gasteiger charge is -2.32. The van der Waals surface area contributed by atoms with E-state index in [0.29, 0.717) is 24.3 Å². The first-order chi connectivity index (χ1) is 16.1. The summed E-state index contributed by atoms with van der Waals surface area (Å²) in [6, 6.07) is 24.7. The van der Waals surface area contributed by atoms with Crippen LogP contribution in [0.3, 0.4) is 0 Å². The number of hydrogen-bond acceptors (Lipinski definition) is 3. The SMILES string of the molecule is O=C(NCc1ccccc1)c1ccccc1NC(=O)C1CCCN(Cc2ccccc2Cl)C1. The predicted molar refractivity (Wildman–Crippen MR) is 132 cm³/mol. The van der Waals surface area contributed by atoms with Crippen LogP contribution in [-0.4, -0.2) is 29.8 Å². The molecule has 1 unspecified atom stereocenters. The fraction of sp³-hybridized carbons (Fsp3) is 0.259. The highest BCUT2D eigenvalue weighted by Gasteiger charge is 2.27. The minimum atomic E-state index is -0.209. The van der Waals surface area contributed by atoms with E-state index in [0.717, 1.165) is 42.1 Å². The van der Waals surface area contributed by atoms with Gasteiger partial charge in [0.25, 0.3) is 5.91 Å². The predicted octanol–water partition coefficient (Wildman–Crippen LogP) is 5.12. The minimum absolute atomic E-state index is 0.0535. The Hall–Kier alpha value is -3.15. The third-order valence-corrected chi connectivity index (χ3v) is 6.32. The van der Waals surface area contributed by atoms with Crippen molar-refractivity contribution in [1.82, 2.24) is 10.2 Å². The zero-order valence-electron chi connectivity index (χ0n) is 18.5. The molecule has 1 aliphatic rings. The van der Waals surface area contributed by atoms with Gasteiger partial charge >= 0.3 is 0 Å². The Balaban J connectivity index is 1.38. The highest BCUT2D eigenvalue weighted by Crippen LogP contribution is 2.24. The Labute approximate surface area is 199 Å². The second kappa shape index (κ2) is 11.1. The van der Waals surface area contributed by atoms with Gasteiger partial charge in [0.15, 0.2) is 0 Å². The second-order valence-electron chi connectivity index (χ2n) is 8.37. The average molecular weight is 462 g/mol. The number of carbonyl (C=O) groups is 2. The molecule has 33 heavy (non-hydrogen) atoms. The number of amides is 2. The number of hydrogen-bond donors (Lipinski definition) is 2. The van der Waals surface area contributed by atoms with Crippen LogP contribution < -0.4 is 10.6 Å². The van der Waals surface area contributed by atoms with Gasteiger partial charge < -0.3 is 10.6 Å². The van der Waals surface area contributed by atoms with Crippen LogP contribution in [0.25, 0.3) is 0 Å². The summed E-state index contributed by atoms with van der Waals surface area (Å²) in [7, 11) is 0. The van der Waals surface area contributed by atoms with Crippen LogP contribution in [0.2, 0.25) is 5.02 Å². The maximum Gasteiger partial charge on any atom is 0.253 e. The summed E-state index contributed by atoms with van der Waals surface area (Å²) in [5.41, 5.74) is 3.09. The normalized spacial score (nSPS) is 16.2. The van der Waals surface area contributed by atoms with Crippen LogP contribution >= 0.6 is 11.6 Å². The molecule has 0 bridgehead atoms. The number of piperidine rings is 1. The second-order valence-corrected chi connectivity index (χ2v) is 8.78. The van der Waals surface area contributed by atoms with Crippen molar-refractivity contribution in [2.24, 2.45) is 5.92 Å². The van der Waals surface area contributed by atoms with Gasteiger partial charge in [0.1, 0.15) is 0 Å². The Bertz CT molecular complexity index is 1100. The maximum atomic E-state index is 13.1. The first kappa shape index (κ1) is 23.0. The van der Waals surface area contributed by atoms with Gasteiger partial charge in [-0.15, -0.1) is 0 Å². The van der Waals surface area contributed by atoms with E-state index in [1.165, 1.54) is 0 Å². The van der Waals surface area contributed by atoms with E-state index in [1.54, 1.807) is 18.2 Å². The number of nitrogens with one attached hydrogen (secondary N) is 2. The molecule has 0 aliphatic carbocycles. The summed E-state index contributed by atoms with van der Waals surface area (Å²) >= 11 is 6.32. The molecule has 3 aromatic rings. The zero-order chi connectivity index (χ0) is 23.0. The maximum absolute atomic E-state index is 13.1. The van der Waals surface area contributed by atoms with E-state index in [4.69, 9.17) is 11.6 Å². The molecule has 0 saturated carbocycles. The van der Waals surface area contributed by atoms with Gasteiger partial charge in [0.05, 0.1) is 17.2 Å². The summed E-state index contributed by atoms with van der Waals surface area (Å²) in [6.07, 6.45) is 1.77. The topological polar surface area (TPSA) is 61.4 Å². The van der Waals surface area contributed by atoms with Crippen LogP contribution in [0.1, 0.15) is 34.3 Å². The molecule has 1 atom stereocenters. The van der Waals surface area contributed by atoms with Crippen molar-refractivity contribution in [3.63, 3.8) is 0 Å². The number of benzene rings is 3. The molecule has 3 aromatic carbocycles. The number of likely N-dealkylation sites (tertiary alicyclic amines) is 1. The summed E-state index contributed by atoms with van der Waals surface area (Å²) < 4.78 is 0. The number of rotatable bonds is 7. The van der Waals surface area contributed by atoms with Gasteiger partial charge in [-0.3, -0.25) is 14.5 Å². The highest BCUT2D eigenvalue weighted by atomic mass is 35.5. The van der Waals surface area contributed by atoms with Crippen LogP contribution in [-0.2, 0) is 17.9 Å².